The molecule has 5 rings (SSSR count). The first-order chi connectivity index (χ1) is 12.0. The molecule has 0 saturated carbocycles. The fourth-order valence-corrected chi connectivity index (χ4v) is 3.95. The Hall–Kier alpha value is -2.29. The lowest BCUT2D eigenvalue weighted by atomic mass is 9.99. The van der Waals surface area contributed by atoms with Crippen LogP contribution in [-0.4, -0.2) is 57.1 Å². The minimum absolute atomic E-state index is 0.107. The molecule has 1 aromatic heterocycles. The second-order valence-electron chi connectivity index (χ2n) is 7.02. The minimum atomic E-state index is -0.747. The van der Waals surface area contributed by atoms with Gasteiger partial charge in [-0.05, 0) is 26.0 Å². The van der Waals surface area contributed by atoms with Gasteiger partial charge in [-0.1, -0.05) is 17.3 Å². The number of likely N-dealkylation sites (N-methyl/N-ethyl adjacent to an activating group) is 1. The molecule has 4 atom stereocenters. The number of carbonyl (C=O) groups excluding carboxylic acids is 1. The number of carbonyl (C=O) groups is 1. The molecule has 0 aliphatic carbocycles. The highest BCUT2D eigenvalue weighted by Gasteiger charge is 2.58. The summed E-state index contributed by atoms with van der Waals surface area (Å²) in [4.78, 5) is 14.8. The van der Waals surface area contributed by atoms with Crippen molar-refractivity contribution >= 4 is 5.91 Å². The maximum atomic E-state index is 13.1. The average Bonchev–Trinajstić information content (AvgIpc) is 3.24. The Morgan fingerprint density at radius 1 is 1.20 bits per heavy atom. The second-order valence-corrected chi connectivity index (χ2v) is 7.02. The molecule has 3 aliphatic heterocycles. The first kappa shape index (κ1) is 15.0. The first-order valence-corrected chi connectivity index (χ1v) is 8.24. The van der Waals surface area contributed by atoms with E-state index >= 15 is 0 Å². The summed E-state index contributed by atoms with van der Waals surface area (Å²) in [7, 11) is 1.77. The molecule has 1 aromatic carbocycles. The molecule has 0 spiro atoms. The third-order valence-corrected chi connectivity index (χ3v) is 5.01. The summed E-state index contributed by atoms with van der Waals surface area (Å²) in [5.41, 5.74) is 2.03. The molecule has 130 valence electrons. The van der Waals surface area contributed by atoms with E-state index in [4.69, 9.17) is 14.2 Å². The number of benzene rings is 1. The molecule has 2 fully saturated rings. The van der Waals surface area contributed by atoms with E-state index in [2.05, 4.69) is 10.3 Å². The lowest BCUT2D eigenvalue weighted by Gasteiger charge is -2.34. The van der Waals surface area contributed by atoms with Crippen LogP contribution >= 0.6 is 0 Å². The SMILES string of the molecule is CN1C(=O)c2ccccc2-n2nncc2[C@H]2O[C@@H]3OC(C)(C)O[C@@H]3[C@H]21. The summed E-state index contributed by atoms with van der Waals surface area (Å²) in [6, 6.07) is 7.03. The van der Waals surface area contributed by atoms with E-state index < -0.39 is 18.2 Å². The quantitative estimate of drug-likeness (QED) is 0.717. The van der Waals surface area contributed by atoms with Gasteiger partial charge in [0.15, 0.2) is 12.1 Å². The van der Waals surface area contributed by atoms with Gasteiger partial charge in [0.1, 0.15) is 12.2 Å². The van der Waals surface area contributed by atoms with Gasteiger partial charge in [0.2, 0.25) is 0 Å². The maximum Gasteiger partial charge on any atom is 0.256 e. The van der Waals surface area contributed by atoms with E-state index in [1.165, 1.54) is 0 Å². The Morgan fingerprint density at radius 2 is 2.00 bits per heavy atom. The monoisotopic (exact) mass is 342 g/mol. The number of hydrogen-bond donors (Lipinski definition) is 0. The molecule has 8 nitrogen and oxygen atoms in total. The van der Waals surface area contributed by atoms with Crippen molar-refractivity contribution in [2.45, 2.75) is 44.2 Å². The average molecular weight is 342 g/mol. The molecule has 0 radical (unpaired) electrons. The number of ether oxygens (including phenoxy) is 3. The van der Waals surface area contributed by atoms with Gasteiger partial charge in [0.25, 0.3) is 5.91 Å². The van der Waals surface area contributed by atoms with Crippen LogP contribution in [-0.2, 0) is 14.2 Å². The molecular formula is C17H18N4O4. The number of hydrogen-bond acceptors (Lipinski definition) is 6. The largest absolute Gasteiger partial charge is 0.340 e. The standard InChI is InChI=1S/C17H18N4O4/c1-17(2)24-14-12-13(23-16(14)25-17)11-8-18-19-21(11)10-7-5-4-6-9(10)15(22)20(12)3/h4-8,12-14,16H,1-3H3/t12-,13+,14+,16+/m0/s1. The van der Waals surface area contributed by atoms with Gasteiger partial charge < -0.3 is 19.1 Å². The zero-order valence-electron chi connectivity index (χ0n) is 14.1. The van der Waals surface area contributed by atoms with Gasteiger partial charge in [-0.25, -0.2) is 4.68 Å². The van der Waals surface area contributed by atoms with Crippen molar-refractivity contribution in [1.29, 1.82) is 0 Å². The number of aromatic nitrogens is 3. The second kappa shape index (κ2) is 4.87. The Bertz CT molecular complexity index is 864. The summed E-state index contributed by atoms with van der Waals surface area (Å²) >= 11 is 0. The third kappa shape index (κ3) is 2.01. The van der Waals surface area contributed by atoms with Crippen molar-refractivity contribution in [3.63, 3.8) is 0 Å². The van der Waals surface area contributed by atoms with Crippen molar-refractivity contribution in [3.05, 3.63) is 41.7 Å². The summed E-state index contributed by atoms with van der Waals surface area (Å²) in [5.74, 6) is -0.854. The van der Waals surface area contributed by atoms with Crippen molar-refractivity contribution < 1.29 is 19.0 Å². The molecule has 3 aliphatic rings. The zero-order chi connectivity index (χ0) is 17.3. The molecule has 2 aromatic rings. The lowest BCUT2D eigenvalue weighted by molar-refractivity contribution is -0.211. The first-order valence-electron chi connectivity index (χ1n) is 8.24. The van der Waals surface area contributed by atoms with Crippen LogP contribution in [0.1, 0.15) is 36.0 Å². The van der Waals surface area contributed by atoms with Crippen LogP contribution in [0.2, 0.25) is 0 Å². The van der Waals surface area contributed by atoms with Crippen LogP contribution in [0.25, 0.3) is 5.69 Å². The van der Waals surface area contributed by atoms with Gasteiger partial charge in [-0.3, -0.25) is 4.79 Å². The topological polar surface area (TPSA) is 78.7 Å². The molecule has 25 heavy (non-hydrogen) atoms. The highest BCUT2D eigenvalue weighted by Crippen LogP contribution is 2.46. The van der Waals surface area contributed by atoms with Crippen LogP contribution in [0.5, 0.6) is 0 Å². The Labute approximate surface area is 144 Å². The molecule has 1 amide bonds. The van der Waals surface area contributed by atoms with Crippen LogP contribution in [0.4, 0.5) is 0 Å². The van der Waals surface area contributed by atoms with Crippen LogP contribution in [0.15, 0.2) is 30.5 Å². The summed E-state index contributed by atoms with van der Waals surface area (Å²) < 4.78 is 19.7. The van der Waals surface area contributed by atoms with Crippen LogP contribution in [0.3, 0.4) is 0 Å². The predicted octanol–water partition coefficient (Wildman–Crippen LogP) is 1.27. The number of nitrogens with zero attached hydrogens (tertiary/aromatic N) is 4. The van der Waals surface area contributed by atoms with Crippen molar-refractivity contribution in [1.82, 2.24) is 19.9 Å². The fraction of sp³-hybridized carbons (Fsp3) is 0.471. The van der Waals surface area contributed by atoms with Crippen LogP contribution < -0.4 is 0 Å². The number of para-hydroxylation sites is 1. The molecule has 2 saturated heterocycles. The van der Waals surface area contributed by atoms with E-state index in [-0.39, 0.29) is 18.1 Å². The van der Waals surface area contributed by atoms with E-state index in [1.54, 1.807) is 28.9 Å². The van der Waals surface area contributed by atoms with Gasteiger partial charge in [0, 0.05) is 7.05 Å². The Morgan fingerprint density at radius 3 is 2.84 bits per heavy atom. The molecule has 4 heterocycles. The lowest BCUT2D eigenvalue weighted by Crippen LogP contribution is -2.48. The highest BCUT2D eigenvalue weighted by atomic mass is 16.8. The van der Waals surface area contributed by atoms with Gasteiger partial charge in [-0.15, -0.1) is 5.10 Å². The molecule has 0 N–H and O–H groups in total. The zero-order valence-corrected chi connectivity index (χ0v) is 14.1. The van der Waals surface area contributed by atoms with Crippen LogP contribution in [0, 0.1) is 0 Å². The normalized spacial score (nSPS) is 32.4. The predicted molar refractivity (Wildman–Crippen MR) is 84.9 cm³/mol. The number of rotatable bonds is 0. The summed E-state index contributed by atoms with van der Waals surface area (Å²) in [6.07, 6.45) is 0.334. The van der Waals surface area contributed by atoms with E-state index in [9.17, 15) is 4.79 Å². The number of amides is 1. The number of fused-ring (bicyclic) bond motifs is 7. The van der Waals surface area contributed by atoms with Gasteiger partial charge >= 0.3 is 0 Å². The smallest absolute Gasteiger partial charge is 0.256 e. The summed E-state index contributed by atoms with van der Waals surface area (Å²) in [6.45, 7) is 3.69. The van der Waals surface area contributed by atoms with Crippen molar-refractivity contribution in [2.75, 3.05) is 7.05 Å². The van der Waals surface area contributed by atoms with Gasteiger partial charge in [-0.2, -0.15) is 0 Å². The Kier molecular flexibility index (Phi) is 2.92. The molecule has 8 heteroatoms. The third-order valence-electron chi connectivity index (χ3n) is 5.01. The van der Waals surface area contributed by atoms with E-state index in [0.717, 1.165) is 5.69 Å². The fourth-order valence-electron chi connectivity index (χ4n) is 3.95. The molecule has 0 bridgehead atoms. The molecular weight excluding hydrogens is 324 g/mol. The van der Waals surface area contributed by atoms with Crippen molar-refractivity contribution in [3.8, 4) is 5.69 Å². The highest BCUT2D eigenvalue weighted by molar-refractivity contribution is 5.98. The van der Waals surface area contributed by atoms with E-state index in [1.807, 2.05) is 32.0 Å². The summed E-state index contributed by atoms with van der Waals surface area (Å²) in [5, 5.41) is 8.22. The van der Waals surface area contributed by atoms with E-state index in [0.29, 0.717) is 11.3 Å². The van der Waals surface area contributed by atoms with Gasteiger partial charge in [0.05, 0.1) is 29.2 Å². The minimum Gasteiger partial charge on any atom is -0.340 e. The Balaban J connectivity index is 1.69. The maximum absolute atomic E-state index is 13.1. The van der Waals surface area contributed by atoms with Crippen molar-refractivity contribution in [2.24, 2.45) is 0 Å². The molecule has 0 unspecified atom stereocenters.